The van der Waals surface area contributed by atoms with E-state index in [2.05, 4.69) is 0 Å². The van der Waals surface area contributed by atoms with E-state index in [1.165, 1.54) is 5.56 Å². The molecule has 2 atom stereocenters. The van der Waals surface area contributed by atoms with Crippen LogP contribution in [0.25, 0.3) is 0 Å². The fourth-order valence-corrected chi connectivity index (χ4v) is 2.99. The molecule has 0 radical (unpaired) electrons. The SMILES string of the molecule is COc1cc2c(cc1OC)[C@H]1C[C@H]2CC1=O. The first-order chi connectivity index (χ1) is 7.74. The number of hydrogen-bond donors (Lipinski definition) is 0. The normalized spacial score (nSPS) is 25.8. The number of carbonyl (C=O) groups is 1. The van der Waals surface area contributed by atoms with Crippen molar-refractivity contribution in [3.63, 3.8) is 0 Å². The van der Waals surface area contributed by atoms with Crippen LogP contribution in [0, 0.1) is 0 Å². The van der Waals surface area contributed by atoms with E-state index in [1.807, 2.05) is 12.1 Å². The van der Waals surface area contributed by atoms with E-state index in [0.29, 0.717) is 18.1 Å². The average molecular weight is 218 g/mol. The molecule has 0 amide bonds. The molecule has 3 heteroatoms. The number of methoxy groups -OCH3 is 2. The van der Waals surface area contributed by atoms with Crippen LogP contribution >= 0.6 is 0 Å². The molecule has 3 nitrogen and oxygen atoms in total. The molecule has 2 aliphatic rings. The van der Waals surface area contributed by atoms with Crippen molar-refractivity contribution in [2.45, 2.75) is 24.7 Å². The van der Waals surface area contributed by atoms with Crippen molar-refractivity contribution in [2.24, 2.45) is 0 Å². The summed E-state index contributed by atoms with van der Waals surface area (Å²) in [6.07, 6.45) is 1.68. The lowest BCUT2D eigenvalue weighted by atomic mass is 9.90. The zero-order valence-electron chi connectivity index (χ0n) is 9.45. The van der Waals surface area contributed by atoms with Crippen LogP contribution in [0.5, 0.6) is 11.5 Å². The van der Waals surface area contributed by atoms with Crippen molar-refractivity contribution >= 4 is 5.78 Å². The second kappa shape index (κ2) is 3.24. The molecule has 0 heterocycles. The van der Waals surface area contributed by atoms with Gasteiger partial charge in [0.25, 0.3) is 0 Å². The van der Waals surface area contributed by atoms with Crippen molar-refractivity contribution in [2.75, 3.05) is 14.2 Å². The third-order valence-electron chi connectivity index (χ3n) is 3.76. The third-order valence-corrected chi connectivity index (χ3v) is 3.76. The minimum absolute atomic E-state index is 0.111. The first-order valence-corrected chi connectivity index (χ1v) is 5.53. The monoisotopic (exact) mass is 218 g/mol. The Morgan fingerprint density at radius 3 is 2.38 bits per heavy atom. The van der Waals surface area contributed by atoms with Gasteiger partial charge >= 0.3 is 0 Å². The van der Waals surface area contributed by atoms with Gasteiger partial charge < -0.3 is 9.47 Å². The molecular formula is C13H14O3. The summed E-state index contributed by atoms with van der Waals surface area (Å²) in [5.74, 6) is 2.39. The molecule has 1 aromatic carbocycles. The van der Waals surface area contributed by atoms with Gasteiger partial charge in [0.1, 0.15) is 5.78 Å². The minimum Gasteiger partial charge on any atom is -0.493 e. The lowest BCUT2D eigenvalue weighted by Gasteiger charge is -2.17. The topological polar surface area (TPSA) is 35.5 Å². The molecule has 2 bridgehead atoms. The van der Waals surface area contributed by atoms with E-state index in [-0.39, 0.29) is 5.92 Å². The molecule has 0 unspecified atom stereocenters. The summed E-state index contributed by atoms with van der Waals surface area (Å²) in [5, 5.41) is 0. The van der Waals surface area contributed by atoms with Crippen LogP contribution in [-0.4, -0.2) is 20.0 Å². The number of fused-ring (bicyclic) bond motifs is 5. The molecule has 84 valence electrons. The number of ketones is 1. The Kier molecular flexibility index (Phi) is 1.96. The molecule has 0 N–H and O–H groups in total. The Labute approximate surface area is 94.4 Å². The standard InChI is InChI=1S/C13H14O3/c1-15-12-5-8-7-3-10(11(14)4-7)9(8)6-13(12)16-2/h5-7,10H,3-4H2,1-2H3/t7-,10+/m0/s1. The second-order valence-corrected chi connectivity index (χ2v) is 4.49. The fraction of sp³-hybridized carbons (Fsp3) is 0.462. The molecule has 0 spiro atoms. The summed E-state index contributed by atoms with van der Waals surface area (Å²) in [5.41, 5.74) is 2.43. The van der Waals surface area contributed by atoms with Gasteiger partial charge in [-0.05, 0) is 35.6 Å². The van der Waals surface area contributed by atoms with Gasteiger partial charge in [0.15, 0.2) is 11.5 Å². The van der Waals surface area contributed by atoms with E-state index in [9.17, 15) is 4.79 Å². The number of Topliss-reactive ketones (excluding diaryl/α,β-unsaturated/α-hetero) is 1. The van der Waals surface area contributed by atoms with E-state index in [4.69, 9.17) is 9.47 Å². The van der Waals surface area contributed by atoms with Gasteiger partial charge in [0.05, 0.1) is 14.2 Å². The number of rotatable bonds is 2. The summed E-state index contributed by atoms with van der Waals surface area (Å²) in [4.78, 5) is 11.7. The van der Waals surface area contributed by atoms with Crippen LogP contribution in [0.1, 0.15) is 35.8 Å². The molecule has 0 saturated heterocycles. The Morgan fingerprint density at radius 2 is 1.75 bits per heavy atom. The zero-order chi connectivity index (χ0) is 11.3. The molecule has 16 heavy (non-hydrogen) atoms. The number of hydrogen-bond acceptors (Lipinski definition) is 3. The summed E-state index contributed by atoms with van der Waals surface area (Å²) in [6, 6.07) is 4.00. The highest BCUT2D eigenvalue weighted by Gasteiger charge is 2.43. The van der Waals surface area contributed by atoms with Crippen molar-refractivity contribution in [3.05, 3.63) is 23.3 Å². The molecule has 3 rings (SSSR count). The van der Waals surface area contributed by atoms with E-state index >= 15 is 0 Å². The number of carbonyl (C=O) groups excluding carboxylic acids is 1. The summed E-state index contributed by atoms with van der Waals surface area (Å²) in [6.45, 7) is 0. The first-order valence-electron chi connectivity index (χ1n) is 5.53. The van der Waals surface area contributed by atoms with Crippen LogP contribution in [0.4, 0.5) is 0 Å². The zero-order valence-corrected chi connectivity index (χ0v) is 9.45. The molecular weight excluding hydrogens is 204 g/mol. The Morgan fingerprint density at radius 1 is 1.12 bits per heavy atom. The van der Waals surface area contributed by atoms with Crippen LogP contribution in [0.15, 0.2) is 12.1 Å². The Hall–Kier alpha value is -1.51. The van der Waals surface area contributed by atoms with Gasteiger partial charge in [-0.15, -0.1) is 0 Å². The maximum absolute atomic E-state index is 11.7. The lowest BCUT2D eigenvalue weighted by Crippen LogP contribution is -2.09. The van der Waals surface area contributed by atoms with E-state index in [0.717, 1.165) is 23.5 Å². The molecule has 1 saturated carbocycles. The third kappa shape index (κ3) is 1.11. The van der Waals surface area contributed by atoms with Crippen molar-refractivity contribution in [1.29, 1.82) is 0 Å². The number of ether oxygens (including phenoxy) is 2. The maximum Gasteiger partial charge on any atom is 0.161 e. The summed E-state index contributed by atoms with van der Waals surface area (Å²) >= 11 is 0. The predicted molar refractivity (Wildman–Crippen MR) is 59.3 cm³/mol. The largest absolute Gasteiger partial charge is 0.493 e. The molecule has 2 aliphatic carbocycles. The Bertz CT molecular complexity index is 464. The fourth-order valence-electron chi connectivity index (χ4n) is 2.99. The van der Waals surface area contributed by atoms with Crippen LogP contribution < -0.4 is 9.47 Å². The van der Waals surface area contributed by atoms with Gasteiger partial charge in [-0.3, -0.25) is 4.79 Å². The van der Waals surface area contributed by atoms with Crippen molar-refractivity contribution in [1.82, 2.24) is 0 Å². The van der Waals surface area contributed by atoms with E-state index in [1.54, 1.807) is 14.2 Å². The average Bonchev–Trinajstić information content (AvgIpc) is 2.84. The quantitative estimate of drug-likeness (QED) is 0.763. The van der Waals surface area contributed by atoms with Crippen LogP contribution in [0.2, 0.25) is 0 Å². The second-order valence-electron chi connectivity index (χ2n) is 4.49. The predicted octanol–water partition coefficient (Wildman–Crippen LogP) is 2.25. The van der Waals surface area contributed by atoms with Gasteiger partial charge in [-0.25, -0.2) is 0 Å². The van der Waals surface area contributed by atoms with Crippen molar-refractivity contribution < 1.29 is 14.3 Å². The first kappa shape index (κ1) is 9.70. The number of benzene rings is 1. The van der Waals surface area contributed by atoms with Crippen molar-refractivity contribution in [3.8, 4) is 11.5 Å². The van der Waals surface area contributed by atoms with E-state index < -0.39 is 0 Å². The highest BCUT2D eigenvalue weighted by Crippen LogP contribution is 2.53. The highest BCUT2D eigenvalue weighted by molar-refractivity contribution is 5.92. The maximum atomic E-state index is 11.7. The Balaban J connectivity index is 2.15. The summed E-state index contributed by atoms with van der Waals surface area (Å²) in [7, 11) is 3.27. The highest BCUT2D eigenvalue weighted by atomic mass is 16.5. The van der Waals surface area contributed by atoms with Gasteiger partial charge in [-0.2, -0.15) is 0 Å². The van der Waals surface area contributed by atoms with Gasteiger partial charge in [-0.1, -0.05) is 0 Å². The van der Waals surface area contributed by atoms with Gasteiger partial charge in [0, 0.05) is 12.3 Å². The van der Waals surface area contributed by atoms with Gasteiger partial charge in [0.2, 0.25) is 0 Å². The molecule has 0 aromatic heterocycles. The smallest absolute Gasteiger partial charge is 0.161 e. The molecule has 1 fully saturated rings. The van der Waals surface area contributed by atoms with Crippen LogP contribution in [-0.2, 0) is 4.79 Å². The lowest BCUT2D eigenvalue weighted by molar-refractivity contribution is -0.118. The minimum atomic E-state index is 0.111. The summed E-state index contributed by atoms with van der Waals surface area (Å²) < 4.78 is 10.6. The van der Waals surface area contributed by atoms with Crippen LogP contribution in [0.3, 0.4) is 0 Å². The molecule has 0 aliphatic heterocycles. The molecule has 1 aromatic rings.